The summed E-state index contributed by atoms with van der Waals surface area (Å²) >= 11 is 1.41. The van der Waals surface area contributed by atoms with Crippen molar-refractivity contribution in [2.24, 2.45) is 0 Å². The number of nitrogens with zero attached hydrogens (tertiary/aromatic N) is 4. The first-order valence-electron chi connectivity index (χ1n) is 9.92. The van der Waals surface area contributed by atoms with E-state index in [1.807, 2.05) is 36.4 Å². The zero-order valence-corrected chi connectivity index (χ0v) is 17.4. The van der Waals surface area contributed by atoms with Crippen molar-refractivity contribution in [1.29, 1.82) is 0 Å². The van der Waals surface area contributed by atoms with Gasteiger partial charge in [-0.1, -0.05) is 42.1 Å². The topological polar surface area (TPSA) is 85.8 Å². The molecule has 1 aliphatic rings. The van der Waals surface area contributed by atoms with Crippen molar-refractivity contribution in [2.45, 2.75) is 37.4 Å². The van der Waals surface area contributed by atoms with Gasteiger partial charge in [0.2, 0.25) is 5.91 Å². The number of aryl methyl sites for hydroxylation is 1. The summed E-state index contributed by atoms with van der Waals surface area (Å²) in [6.07, 6.45) is 2.31. The maximum absolute atomic E-state index is 12.5. The zero-order valence-electron chi connectivity index (χ0n) is 16.5. The molecule has 1 saturated carbocycles. The van der Waals surface area contributed by atoms with E-state index in [4.69, 9.17) is 4.42 Å². The zero-order chi connectivity index (χ0) is 20.5. The smallest absolute Gasteiger partial charge is 0.234 e. The lowest BCUT2D eigenvalue weighted by molar-refractivity contribution is -0.113. The predicted molar refractivity (Wildman–Crippen MR) is 116 cm³/mol. The molecule has 0 saturated heterocycles. The Hall–Kier alpha value is -3.13. The van der Waals surface area contributed by atoms with Crippen LogP contribution >= 0.6 is 11.8 Å². The number of anilines is 1. The highest BCUT2D eigenvalue weighted by Crippen LogP contribution is 2.40. The van der Waals surface area contributed by atoms with Crippen molar-refractivity contribution in [1.82, 2.24) is 19.7 Å². The minimum atomic E-state index is -0.0956. The summed E-state index contributed by atoms with van der Waals surface area (Å²) in [4.78, 5) is 16.8. The molecular weight excluding hydrogens is 398 g/mol. The normalized spacial score (nSPS) is 13.6. The molecule has 5 rings (SSSR count). The SMILES string of the molecule is Cc1nc2cc(NC(=O)CSc3nnc(C4CC4)n3Cc3ccccc3)ccc2o1. The third-order valence-corrected chi connectivity index (χ3v) is 5.95. The standard InChI is InChI=1S/C22H21N5O2S/c1-14-23-18-11-17(9-10-19(18)29-14)24-20(28)13-30-22-26-25-21(16-7-8-16)27(22)12-15-5-3-2-4-6-15/h2-6,9-11,16H,7-8,12-13H2,1H3,(H,24,28). The molecule has 0 bridgehead atoms. The molecule has 8 heteroatoms. The lowest BCUT2D eigenvalue weighted by Gasteiger charge is -2.10. The number of rotatable bonds is 7. The first-order valence-corrected chi connectivity index (χ1v) is 10.9. The van der Waals surface area contributed by atoms with Crippen LogP contribution in [-0.4, -0.2) is 31.4 Å². The number of nitrogens with one attached hydrogen (secondary N) is 1. The maximum Gasteiger partial charge on any atom is 0.234 e. The fourth-order valence-corrected chi connectivity index (χ4v) is 4.16. The predicted octanol–water partition coefficient (Wildman–Crippen LogP) is 4.38. The Labute approximate surface area is 177 Å². The van der Waals surface area contributed by atoms with Gasteiger partial charge in [0.25, 0.3) is 0 Å². The van der Waals surface area contributed by atoms with Crippen LogP contribution in [0.4, 0.5) is 5.69 Å². The third-order valence-electron chi connectivity index (χ3n) is 4.98. The largest absolute Gasteiger partial charge is 0.441 e. The molecule has 4 aromatic rings. The Balaban J connectivity index is 1.27. The number of carbonyl (C=O) groups excluding carboxylic acids is 1. The summed E-state index contributed by atoms with van der Waals surface area (Å²) in [5.74, 6) is 2.28. The Bertz CT molecular complexity index is 1200. The van der Waals surface area contributed by atoms with Crippen molar-refractivity contribution in [2.75, 3.05) is 11.1 Å². The van der Waals surface area contributed by atoms with Gasteiger partial charge in [-0.15, -0.1) is 10.2 Å². The lowest BCUT2D eigenvalue weighted by Crippen LogP contribution is -2.15. The molecule has 152 valence electrons. The van der Waals surface area contributed by atoms with Crippen molar-refractivity contribution >= 4 is 34.5 Å². The summed E-state index contributed by atoms with van der Waals surface area (Å²) in [5.41, 5.74) is 3.34. The van der Waals surface area contributed by atoms with Gasteiger partial charge in [0, 0.05) is 18.5 Å². The average molecular weight is 420 g/mol. The monoisotopic (exact) mass is 419 g/mol. The van der Waals surface area contributed by atoms with Crippen LogP contribution < -0.4 is 5.32 Å². The lowest BCUT2D eigenvalue weighted by atomic mass is 10.2. The van der Waals surface area contributed by atoms with Gasteiger partial charge in [0.15, 0.2) is 16.6 Å². The Kier molecular flexibility index (Phi) is 5.00. The van der Waals surface area contributed by atoms with E-state index in [0.29, 0.717) is 29.6 Å². The highest BCUT2D eigenvalue weighted by molar-refractivity contribution is 7.99. The number of thioether (sulfide) groups is 1. The number of oxazole rings is 1. The van der Waals surface area contributed by atoms with Crippen LogP contribution in [-0.2, 0) is 11.3 Å². The Morgan fingerprint density at radius 1 is 1.20 bits per heavy atom. The molecule has 1 fully saturated rings. The minimum Gasteiger partial charge on any atom is -0.441 e. The third kappa shape index (κ3) is 4.09. The van der Waals surface area contributed by atoms with Crippen LogP contribution in [0, 0.1) is 6.92 Å². The Morgan fingerprint density at radius 3 is 2.83 bits per heavy atom. The van der Waals surface area contributed by atoms with E-state index in [9.17, 15) is 4.79 Å². The molecule has 0 unspecified atom stereocenters. The summed E-state index contributed by atoms with van der Waals surface area (Å²) in [6.45, 7) is 2.52. The Morgan fingerprint density at radius 2 is 2.03 bits per heavy atom. The maximum atomic E-state index is 12.5. The van der Waals surface area contributed by atoms with Crippen molar-refractivity contribution < 1.29 is 9.21 Å². The van der Waals surface area contributed by atoms with E-state index in [0.717, 1.165) is 29.3 Å². The first-order chi connectivity index (χ1) is 14.7. The number of carbonyl (C=O) groups is 1. The van der Waals surface area contributed by atoms with E-state index in [1.165, 1.54) is 17.3 Å². The highest BCUT2D eigenvalue weighted by Gasteiger charge is 2.30. The number of amides is 1. The molecule has 0 atom stereocenters. The molecule has 0 radical (unpaired) electrons. The summed E-state index contributed by atoms with van der Waals surface area (Å²) in [7, 11) is 0. The van der Waals surface area contributed by atoms with E-state index in [2.05, 4.69) is 37.2 Å². The van der Waals surface area contributed by atoms with Crippen LogP contribution in [0.3, 0.4) is 0 Å². The molecule has 1 aliphatic carbocycles. The van der Waals surface area contributed by atoms with Crippen LogP contribution in [0.2, 0.25) is 0 Å². The second kappa shape index (κ2) is 7.95. The molecular formula is C22H21N5O2S. The van der Waals surface area contributed by atoms with Gasteiger partial charge >= 0.3 is 0 Å². The van der Waals surface area contributed by atoms with Gasteiger partial charge in [-0.25, -0.2) is 4.98 Å². The fourth-order valence-electron chi connectivity index (χ4n) is 3.41. The molecule has 2 aromatic heterocycles. The van der Waals surface area contributed by atoms with Crippen LogP contribution in [0.5, 0.6) is 0 Å². The average Bonchev–Trinajstić information content (AvgIpc) is 3.40. The quantitative estimate of drug-likeness (QED) is 0.447. The number of hydrogen-bond acceptors (Lipinski definition) is 6. The number of benzene rings is 2. The molecule has 0 aliphatic heterocycles. The second-order valence-corrected chi connectivity index (χ2v) is 8.38. The number of aromatic nitrogens is 4. The van der Waals surface area contributed by atoms with E-state index < -0.39 is 0 Å². The van der Waals surface area contributed by atoms with Crippen LogP contribution in [0.25, 0.3) is 11.1 Å². The minimum absolute atomic E-state index is 0.0956. The van der Waals surface area contributed by atoms with Gasteiger partial charge in [0.1, 0.15) is 11.3 Å². The van der Waals surface area contributed by atoms with Gasteiger partial charge in [-0.2, -0.15) is 0 Å². The van der Waals surface area contributed by atoms with E-state index >= 15 is 0 Å². The molecule has 2 heterocycles. The molecule has 7 nitrogen and oxygen atoms in total. The molecule has 1 amide bonds. The van der Waals surface area contributed by atoms with Crippen LogP contribution in [0.15, 0.2) is 58.1 Å². The van der Waals surface area contributed by atoms with Crippen molar-refractivity contribution in [3.63, 3.8) is 0 Å². The first kappa shape index (κ1) is 18.9. The summed E-state index contributed by atoms with van der Waals surface area (Å²) < 4.78 is 7.62. The number of hydrogen-bond donors (Lipinski definition) is 1. The second-order valence-electron chi connectivity index (χ2n) is 7.44. The molecule has 1 N–H and O–H groups in total. The van der Waals surface area contributed by atoms with Crippen molar-refractivity contribution in [3.8, 4) is 0 Å². The molecule has 30 heavy (non-hydrogen) atoms. The van der Waals surface area contributed by atoms with Crippen molar-refractivity contribution in [3.05, 3.63) is 65.8 Å². The molecule has 2 aromatic carbocycles. The fraction of sp³-hybridized carbons (Fsp3) is 0.273. The van der Waals surface area contributed by atoms with E-state index in [1.54, 1.807) is 6.92 Å². The van der Waals surface area contributed by atoms with Gasteiger partial charge < -0.3 is 14.3 Å². The summed E-state index contributed by atoms with van der Waals surface area (Å²) in [6, 6.07) is 15.7. The van der Waals surface area contributed by atoms with Gasteiger partial charge in [-0.3, -0.25) is 4.79 Å². The number of fused-ring (bicyclic) bond motifs is 1. The van der Waals surface area contributed by atoms with Crippen LogP contribution in [0.1, 0.15) is 36.0 Å². The van der Waals surface area contributed by atoms with Gasteiger partial charge in [-0.05, 0) is 36.6 Å². The van der Waals surface area contributed by atoms with E-state index in [-0.39, 0.29) is 11.7 Å². The highest BCUT2D eigenvalue weighted by atomic mass is 32.2. The van der Waals surface area contributed by atoms with Gasteiger partial charge in [0.05, 0.1) is 12.3 Å². The summed E-state index contributed by atoms with van der Waals surface area (Å²) in [5, 5.41) is 12.5. The molecule has 0 spiro atoms.